The number of rotatable bonds is 8. The summed E-state index contributed by atoms with van der Waals surface area (Å²) in [6.45, 7) is 3.94. The lowest BCUT2D eigenvalue weighted by Crippen LogP contribution is -2.22. The summed E-state index contributed by atoms with van der Waals surface area (Å²) in [4.78, 5) is 0. The molecule has 0 aliphatic heterocycles. The van der Waals surface area contributed by atoms with Gasteiger partial charge >= 0.3 is 0 Å². The lowest BCUT2D eigenvalue weighted by Gasteiger charge is -2.14. The molecular formula is C17H21FN6O. The zero-order chi connectivity index (χ0) is 17.6. The Bertz CT molecular complexity index is 798. The van der Waals surface area contributed by atoms with Crippen molar-refractivity contribution in [3.63, 3.8) is 0 Å². The number of aromatic amines is 1. The van der Waals surface area contributed by atoms with Crippen LogP contribution in [0.1, 0.15) is 24.4 Å². The molecule has 7 nitrogen and oxygen atoms in total. The summed E-state index contributed by atoms with van der Waals surface area (Å²) in [5.41, 5.74) is 2.77. The van der Waals surface area contributed by atoms with Gasteiger partial charge in [0.25, 0.3) is 0 Å². The number of methoxy groups -OCH3 is 1. The minimum Gasteiger partial charge on any atom is -0.383 e. The number of benzene rings is 1. The zero-order valence-electron chi connectivity index (χ0n) is 14.2. The Hall–Kier alpha value is -2.58. The van der Waals surface area contributed by atoms with Crippen LogP contribution < -0.4 is 5.32 Å². The van der Waals surface area contributed by atoms with Gasteiger partial charge in [-0.05, 0) is 31.2 Å². The van der Waals surface area contributed by atoms with Crippen molar-refractivity contribution >= 4 is 0 Å². The van der Waals surface area contributed by atoms with E-state index < -0.39 is 0 Å². The summed E-state index contributed by atoms with van der Waals surface area (Å²) in [6.07, 6.45) is 3.47. The van der Waals surface area contributed by atoms with Crippen LogP contribution in [-0.2, 0) is 17.8 Å². The molecule has 0 amide bonds. The number of H-pyrrole nitrogens is 1. The zero-order valence-corrected chi connectivity index (χ0v) is 14.2. The van der Waals surface area contributed by atoms with Gasteiger partial charge in [-0.2, -0.15) is 5.10 Å². The molecule has 2 N–H and O–H groups in total. The largest absolute Gasteiger partial charge is 0.383 e. The van der Waals surface area contributed by atoms with Crippen molar-refractivity contribution in [2.24, 2.45) is 0 Å². The third-order valence-electron chi connectivity index (χ3n) is 4.02. The standard InChI is InChI=1S/C17H21FN6O/c1-12(17-23-21-11-24(17)7-8-25-2)19-9-14-10-20-22-16(14)13-3-5-15(18)6-4-13/h3-6,10-12,19H,7-9H2,1-2H3,(H,20,22)/t12-/m0/s1. The maximum absolute atomic E-state index is 13.1. The fraction of sp³-hybridized carbons (Fsp3) is 0.353. The molecule has 2 heterocycles. The molecule has 0 fully saturated rings. The first kappa shape index (κ1) is 17.2. The third kappa shape index (κ3) is 4.09. The molecule has 2 aromatic heterocycles. The van der Waals surface area contributed by atoms with Gasteiger partial charge in [0.1, 0.15) is 18.0 Å². The molecule has 0 aliphatic carbocycles. The number of nitrogens with one attached hydrogen (secondary N) is 2. The van der Waals surface area contributed by atoms with E-state index >= 15 is 0 Å². The summed E-state index contributed by atoms with van der Waals surface area (Å²) in [5, 5.41) is 18.7. The van der Waals surface area contributed by atoms with Crippen LogP contribution >= 0.6 is 0 Å². The van der Waals surface area contributed by atoms with Gasteiger partial charge in [0, 0.05) is 31.3 Å². The highest BCUT2D eigenvalue weighted by Gasteiger charge is 2.14. The van der Waals surface area contributed by atoms with Gasteiger partial charge in [0.05, 0.1) is 24.5 Å². The van der Waals surface area contributed by atoms with Crippen molar-refractivity contribution in [3.8, 4) is 11.3 Å². The normalized spacial score (nSPS) is 12.4. The molecular weight excluding hydrogens is 323 g/mol. The van der Waals surface area contributed by atoms with Crippen LogP contribution in [0.2, 0.25) is 0 Å². The first-order chi connectivity index (χ1) is 12.2. The Kier molecular flexibility index (Phi) is 5.52. The second-order valence-electron chi connectivity index (χ2n) is 5.76. The van der Waals surface area contributed by atoms with Crippen LogP contribution in [0.4, 0.5) is 4.39 Å². The van der Waals surface area contributed by atoms with E-state index in [0.29, 0.717) is 19.7 Å². The quantitative estimate of drug-likeness (QED) is 0.655. The van der Waals surface area contributed by atoms with Crippen LogP contribution in [0.15, 0.2) is 36.8 Å². The van der Waals surface area contributed by atoms with Gasteiger partial charge in [0.2, 0.25) is 0 Å². The van der Waals surface area contributed by atoms with Gasteiger partial charge in [-0.15, -0.1) is 10.2 Å². The maximum Gasteiger partial charge on any atom is 0.149 e. The molecule has 0 bridgehead atoms. The molecule has 0 unspecified atom stereocenters. The molecule has 132 valence electrons. The molecule has 0 radical (unpaired) electrons. The molecule has 0 saturated carbocycles. The lowest BCUT2D eigenvalue weighted by atomic mass is 10.1. The van der Waals surface area contributed by atoms with Crippen LogP contribution in [0, 0.1) is 5.82 Å². The van der Waals surface area contributed by atoms with Gasteiger partial charge in [-0.3, -0.25) is 5.10 Å². The van der Waals surface area contributed by atoms with E-state index in [4.69, 9.17) is 4.74 Å². The molecule has 0 saturated heterocycles. The number of hydrogen-bond donors (Lipinski definition) is 2. The Morgan fingerprint density at radius 1 is 1.32 bits per heavy atom. The second kappa shape index (κ2) is 8.00. The molecule has 0 aliphatic rings. The minimum absolute atomic E-state index is 0.00956. The second-order valence-corrected chi connectivity index (χ2v) is 5.76. The summed E-state index contributed by atoms with van der Waals surface area (Å²) in [7, 11) is 1.67. The van der Waals surface area contributed by atoms with E-state index in [-0.39, 0.29) is 11.9 Å². The number of halogens is 1. The van der Waals surface area contributed by atoms with E-state index in [2.05, 4.69) is 25.7 Å². The summed E-state index contributed by atoms with van der Waals surface area (Å²) >= 11 is 0. The number of nitrogens with zero attached hydrogens (tertiary/aromatic N) is 4. The minimum atomic E-state index is -0.257. The summed E-state index contributed by atoms with van der Waals surface area (Å²) in [5.74, 6) is 0.593. The topological polar surface area (TPSA) is 80.7 Å². The predicted molar refractivity (Wildman–Crippen MR) is 91.1 cm³/mol. The first-order valence-electron chi connectivity index (χ1n) is 8.07. The third-order valence-corrected chi connectivity index (χ3v) is 4.02. The molecule has 3 aromatic rings. The van der Waals surface area contributed by atoms with Crippen molar-refractivity contribution < 1.29 is 9.13 Å². The van der Waals surface area contributed by atoms with Gasteiger partial charge in [-0.25, -0.2) is 4.39 Å². The predicted octanol–water partition coefficient (Wildman–Crippen LogP) is 2.30. The summed E-state index contributed by atoms with van der Waals surface area (Å²) < 4.78 is 20.2. The average molecular weight is 344 g/mol. The molecule has 1 atom stereocenters. The van der Waals surface area contributed by atoms with Gasteiger partial charge < -0.3 is 14.6 Å². The van der Waals surface area contributed by atoms with Crippen LogP contribution in [0.3, 0.4) is 0 Å². The SMILES string of the molecule is COCCn1cnnc1[C@H](C)NCc1cn[nH]c1-c1ccc(F)cc1. The van der Waals surface area contributed by atoms with E-state index in [1.807, 2.05) is 11.5 Å². The highest BCUT2D eigenvalue weighted by Crippen LogP contribution is 2.22. The molecule has 0 spiro atoms. The molecule has 25 heavy (non-hydrogen) atoms. The van der Waals surface area contributed by atoms with Crippen LogP contribution in [0.5, 0.6) is 0 Å². The van der Waals surface area contributed by atoms with Gasteiger partial charge in [-0.1, -0.05) is 0 Å². The Morgan fingerprint density at radius 2 is 2.12 bits per heavy atom. The number of hydrogen-bond acceptors (Lipinski definition) is 5. The van der Waals surface area contributed by atoms with E-state index in [1.54, 1.807) is 31.8 Å². The van der Waals surface area contributed by atoms with E-state index in [0.717, 1.165) is 22.6 Å². The smallest absolute Gasteiger partial charge is 0.149 e. The lowest BCUT2D eigenvalue weighted by molar-refractivity contribution is 0.185. The monoisotopic (exact) mass is 344 g/mol. The van der Waals surface area contributed by atoms with Crippen LogP contribution in [0.25, 0.3) is 11.3 Å². The number of aromatic nitrogens is 5. The fourth-order valence-corrected chi connectivity index (χ4v) is 2.63. The van der Waals surface area contributed by atoms with Crippen molar-refractivity contribution in [1.29, 1.82) is 0 Å². The first-order valence-corrected chi connectivity index (χ1v) is 8.07. The summed E-state index contributed by atoms with van der Waals surface area (Å²) in [6, 6.07) is 6.35. The van der Waals surface area contributed by atoms with E-state index in [9.17, 15) is 4.39 Å². The van der Waals surface area contributed by atoms with Crippen LogP contribution in [-0.4, -0.2) is 38.7 Å². The van der Waals surface area contributed by atoms with Crippen molar-refractivity contribution in [2.75, 3.05) is 13.7 Å². The highest BCUT2D eigenvalue weighted by atomic mass is 19.1. The van der Waals surface area contributed by atoms with Gasteiger partial charge in [0.15, 0.2) is 0 Å². The Balaban J connectivity index is 1.67. The number of ether oxygens (including phenoxy) is 1. The molecule has 3 rings (SSSR count). The Labute approximate surface area is 145 Å². The van der Waals surface area contributed by atoms with Crippen molar-refractivity contribution in [1.82, 2.24) is 30.3 Å². The molecule has 8 heteroatoms. The average Bonchev–Trinajstić information content (AvgIpc) is 3.27. The Morgan fingerprint density at radius 3 is 2.88 bits per heavy atom. The molecule has 1 aromatic carbocycles. The van der Waals surface area contributed by atoms with E-state index in [1.165, 1.54) is 12.1 Å². The maximum atomic E-state index is 13.1. The highest BCUT2D eigenvalue weighted by molar-refractivity contribution is 5.62. The van der Waals surface area contributed by atoms with Crippen molar-refractivity contribution in [2.45, 2.75) is 26.1 Å². The van der Waals surface area contributed by atoms with Crippen molar-refractivity contribution in [3.05, 3.63) is 54.0 Å². The fourth-order valence-electron chi connectivity index (χ4n) is 2.63.